The number of hydrogen-bond donors (Lipinski definition) is 3. The number of aromatic carboxylic acids is 1. The SMILES string of the molecule is C1CCOC1.C=CCn1cc(C(O)(c2ccc3c(cnn3-c3ccc(F)cc3)c2)C(F)(F)F)cc1C(=O)O.C=CCn1cc(C(O)(c2ccc3c(cnn3-c3ccc(F)cc3)c2)C(F)(F)F)cc1C(=O)OCC.[K+].[OH-].[OH-]. The number of allylic oxidation sites excluding steroid dienone is 2. The zero-order chi connectivity index (χ0) is 52.9. The van der Waals surface area contributed by atoms with Gasteiger partial charge in [-0.25, -0.2) is 27.7 Å². The quantitative estimate of drug-likeness (QED) is 0.0453. The monoisotopic (exact) mass is 1090 g/mol. The van der Waals surface area contributed by atoms with Crippen LogP contribution >= 0.6 is 0 Å². The van der Waals surface area contributed by atoms with Gasteiger partial charge in [-0.2, -0.15) is 36.5 Å². The van der Waals surface area contributed by atoms with Crippen molar-refractivity contribution < 1.29 is 132 Å². The number of carbonyl (C=O) groups excluding carboxylic acids is 1. The van der Waals surface area contributed by atoms with E-state index in [0.717, 1.165) is 60.5 Å². The number of carboxylic acid groups (broad SMARTS) is 1. The zero-order valence-electron chi connectivity index (χ0n) is 40.6. The summed E-state index contributed by atoms with van der Waals surface area (Å²) in [6.45, 7) is 10.6. The van der Waals surface area contributed by atoms with Crippen LogP contribution in [0.4, 0.5) is 35.1 Å². The van der Waals surface area contributed by atoms with Crippen LogP contribution in [0.2, 0.25) is 0 Å². The van der Waals surface area contributed by atoms with E-state index in [1.54, 1.807) is 6.92 Å². The number of alkyl halides is 6. The van der Waals surface area contributed by atoms with Crippen molar-refractivity contribution in [1.29, 1.82) is 0 Å². The Hall–Kier alpha value is -6.32. The summed E-state index contributed by atoms with van der Waals surface area (Å²) in [5.74, 6) is -3.14. The van der Waals surface area contributed by atoms with Crippen LogP contribution in [0.15, 0.2) is 147 Å². The predicted octanol–water partition coefficient (Wildman–Crippen LogP) is 7.22. The molecule has 15 nitrogen and oxygen atoms in total. The van der Waals surface area contributed by atoms with Crippen LogP contribution in [0.1, 0.15) is 63.0 Å². The number of nitrogens with zero attached hydrogens (tertiary/aromatic N) is 6. The minimum absolute atomic E-state index is 0. The van der Waals surface area contributed by atoms with Crippen LogP contribution in [-0.4, -0.2) is 99.1 Å². The molecule has 76 heavy (non-hydrogen) atoms. The summed E-state index contributed by atoms with van der Waals surface area (Å²) in [5, 5.41) is 40.4. The molecule has 0 radical (unpaired) electrons. The molecule has 1 aliphatic heterocycles. The van der Waals surface area contributed by atoms with Gasteiger partial charge in [-0.3, -0.25) is 0 Å². The number of hydrogen-bond acceptors (Lipinski definition) is 10. The minimum atomic E-state index is -5.16. The molecule has 398 valence electrons. The number of aliphatic hydroxyl groups is 2. The average Bonchev–Trinajstić information content (AvgIpc) is 4.22. The van der Waals surface area contributed by atoms with E-state index in [-0.39, 0.29) is 87.7 Å². The fourth-order valence-corrected chi connectivity index (χ4v) is 8.14. The smallest absolute Gasteiger partial charge is 0.870 e. The Morgan fingerprint density at radius 3 is 1.38 bits per heavy atom. The Kier molecular flexibility index (Phi) is 21.0. The molecule has 0 amide bonds. The van der Waals surface area contributed by atoms with Gasteiger partial charge in [0.25, 0.3) is 0 Å². The Morgan fingerprint density at radius 2 is 1.04 bits per heavy atom. The molecule has 8 aromatic rings. The van der Waals surface area contributed by atoms with E-state index in [1.807, 2.05) is 0 Å². The van der Waals surface area contributed by atoms with Gasteiger partial charge in [0, 0.05) is 60.6 Å². The minimum Gasteiger partial charge on any atom is -0.870 e. The average molecular weight is 1090 g/mol. The molecule has 4 aromatic carbocycles. The number of halogens is 8. The Bertz CT molecular complexity index is 3270. The number of esters is 1. The maximum absolute atomic E-state index is 14.4. The van der Waals surface area contributed by atoms with Crippen molar-refractivity contribution in [3.05, 3.63) is 192 Å². The maximum atomic E-state index is 14.4. The second-order valence-electron chi connectivity index (χ2n) is 16.5. The van der Waals surface area contributed by atoms with Gasteiger partial charge in [0.1, 0.15) is 23.0 Å². The first kappa shape index (κ1) is 62.2. The summed E-state index contributed by atoms with van der Waals surface area (Å²) in [7, 11) is 0. The van der Waals surface area contributed by atoms with Crippen LogP contribution in [0, 0.1) is 11.6 Å². The van der Waals surface area contributed by atoms with Gasteiger partial charge >= 0.3 is 75.7 Å². The molecule has 0 aliphatic carbocycles. The number of carboxylic acids is 1. The molecule has 2 unspecified atom stereocenters. The second kappa shape index (κ2) is 25.7. The molecular formula is C52H48F8KN6O9-. The van der Waals surface area contributed by atoms with Crippen LogP contribution in [0.3, 0.4) is 0 Å². The van der Waals surface area contributed by atoms with E-state index >= 15 is 0 Å². The molecule has 1 saturated heterocycles. The Morgan fingerprint density at radius 1 is 0.645 bits per heavy atom. The number of rotatable bonds is 13. The second-order valence-corrected chi connectivity index (χ2v) is 16.5. The summed E-state index contributed by atoms with van der Waals surface area (Å²) in [5.41, 5.74) is -7.70. The van der Waals surface area contributed by atoms with Gasteiger partial charge < -0.3 is 44.9 Å². The van der Waals surface area contributed by atoms with E-state index in [9.17, 15) is 60.0 Å². The molecule has 0 spiro atoms. The van der Waals surface area contributed by atoms with E-state index in [4.69, 9.17) is 9.47 Å². The predicted molar refractivity (Wildman–Crippen MR) is 256 cm³/mol. The number of fused-ring (bicyclic) bond motifs is 2. The number of carbonyl (C=O) groups is 2. The molecule has 0 saturated carbocycles. The molecule has 24 heteroatoms. The molecule has 0 bridgehead atoms. The molecule has 5 heterocycles. The van der Waals surface area contributed by atoms with Crippen molar-refractivity contribution in [2.24, 2.45) is 0 Å². The molecule has 4 aromatic heterocycles. The van der Waals surface area contributed by atoms with Gasteiger partial charge in [0.05, 0.1) is 41.4 Å². The van der Waals surface area contributed by atoms with Crippen molar-refractivity contribution in [3.63, 3.8) is 0 Å². The molecule has 1 fully saturated rings. The first-order valence-corrected chi connectivity index (χ1v) is 22.3. The Labute approximate surface area is 470 Å². The van der Waals surface area contributed by atoms with Crippen molar-refractivity contribution in [2.45, 2.75) is 56.4 Å². The molecular weight excluding hydrogens is 1040 g/mol. The number of aromatic nitrogens is 6. The molecule has 5 N–H and O–H groups in total. The van der Waals surface area contributed by atoms with Crippen molar-refractivity contribution in [1.82, 2.24) is 28.7 Å². The van der Waals surface area contributed by atoms with Crippen molar-refractivity contribution in [3.8, 4) is 11.4 Å². The van der Waals surface area contributed by atoms with Crippen LogP contribution < -0.4 is 51.4 Å². The molecule has 2 atom stereocenters. The van der Waals surface area contributed by atoms with Gasteiger partial charge in [-0.1, -0.05) is 24.3 Å². The summed E-state index contributed by atoms with van der Waals surface area (Å²) in [6, 6.07) is 20.0. The molecule has 1 aliphatic rings. The van der Waals surface area contributed by atoms with Gasteiger partial charge in [0.2, 0.25) is 11.2 Å². The maximum Gasteiger partial charge on any atom is 1.00 e. The van der Waals surface area contributed by atoms with E-state index in [0.29, 0.717) is 33.2 Å². The first-order valence-electron chi connectivity index (χ1n) is 22.3. The third-order valence-corrected chi connectivity index (χ3v) is 11.7. The van der Waals surface area contributed by atoms with Crippen LogP contribution in [-0.2, 0) is 33.8 Å². The fourth-order valence-electron chi connectivity index (χ4n) is 8.14. The van der Waals surface area contributed by atoms with Gasteiger partial charge in [-0.15, -0.1) is 13.2 Å². The largest absolute Gasteiger partial charge is 1.00 e. The van der Waals surface area contributed by atoms with E-state index < -0.39 is 75.1 Å². The summed E-state index contributed by atoms with van der Waals surface area (Å²) >= 11 is 0. The van der Waals surface area contributed by atoms with Crippen LogP contribution in [0.5, 0.6) is 0 Å². The number of ether oxygens (including phenoxy) is 2. The van der Waals surface area contributed by atoms with Crippen molar-refractivity contribution >= 4 is 33.7 Å². The first-order chi connectivity index (χ1) is 34.7. The Balaban J connectivity index is 0.000000290. The van der Waals surface area contributed by atoms with Crippen molar-refractivity contribution in [2.75, 3.05) is 19.8 Å². The van der Waals surface area contributed by atoms with Gasteiger partial charge in [-0.05, 0) is 116 Å². The topological polar surface area (TPSA) is 219 Å². The standard InChI is InChI=1S/C25H21F4N3O3.C23H17F4N3O3.C4H8O.K.2H2O/c1-3-11-31-15-18(13-22(31)23(33)35-4-2)24(34,25(27,28)29)17-5-10-21-16(12-17)14-30-32(21)20-8-6-19(26)7-9-20;1-2-9-29-13-16(11-20(29)21(31)32)22(33,23(25,26)27)15-3-8-19-14(10-15)12-28-30(19)18-6-4-17(24)5-7-18;1-2-4-5-3-1;;;/h3,5-10,12-15,34H,1,4,11H2,2H3;2-8,10-13,33H,1,9H2,(H,31,32);1-4H2;;2*1H2/q;;;+1;;/p-2. The zero-order valence-corrected chi connectivity index (χ0v) is 43.8. The third-order valence-electron chi connectivity index (χ3n) is 11.7. The van der Waals surface area contributed by atoms with E-state index in [2.05, 4.69) is 23.4 Å². The summed E-state index contributed by atoms with van der Waals surface area (Å²) in [6.07, 6.45) is -0.299. The number of benzene rings is 4. The van der Waals surface area contributed by atoms with Gasteiger partial charge in [0.15, 0.2) is 0 Å². The molecule has 9 rings (SSSR count). The summed E-state index contributed by atoms with van der Waals surface area (Å²) < 4.78 is 127. The fraction of sp³-hybridized carbons (Fsp3) is 0.231. The third kappa shape index (κ3) is 12.7. The normalized spacial score (nSPS) is 13.8. The summed E-state index contributed by atoms with van der Waals surface area (Å²) in [4.78, 5) is 23.8. The van der Waals surface area contributed by atoms with Crippen LogP contribution in [0.25, 0.3) is 33.2 Å². The van der Waals surface area contributed by atoms with E-state index in [1.165, 1.54) is 118 Å².